The third-order valence-corrected chi connectivity index (χ3v) is 2.82. The van der Waals surface area contributed by atoms with Gasteiger partial charge in [0.05, 0.1) is 16.7 Å². The summed E-state index contributed by atoms with van der Waals surface area (Å²) in [5.74, 6) is -2.43. The summed E-state index contributed by atoms with van der Waals surface area (Å²) < 4.78 is 15.1. The highest BCUT2D eigenvalue weighted by atomic mass is 19.1. The van der Waals surface area contributed by atoms with E-state index in [1.807, 2.05) is 0 Å². The van der Waals surface area contributed by atoms with Gasteiger partial charge in [0.15, 0.2) is 11.5 Å². The summed E-state index contributed by atoms with van der Waals surface area (Å²) in [6, 6.07) is 3.03. The second-order valence-corrected chi connectivity index (χ2v) is 4.59. The molecule has 0 saturated carbocycles. The third kappa shape index (κ3) is 2.57. The van der Waals surface area contributed by atoms with Gasteiger partial charge in [-0.15, -0.1) is 5.10 Å². The lowest BCUT2D eigenvalue weighted by molar-refractivity contribution is -0.385. The molecule has 0 aliphatic carbocycles. The number of halogens is 1. The molecule has 0 fully saturated rings. The smallest absolute Gasteiger partial charge is 0.358 e. The molecule has 1 heterocycles. The first-order valence-electron chi connectivity index (χ1n) is 5.96. The average Bonchev–Trinajstić information content (AvgIpc) is 2.83. The van der Waals surface area contributed by atoms with E-state index in [1.54, 1.807) is 13.8 Å². The topological polar surface area (TPSA) is 111 Å². The van der Waals surface area contributed by atoms with E-state index in [9.17, 15) is 19.3 Å². The van der Waals surface area contributed by atoms with E-state index < -0.39 is 22.4 Å². The Morgan fingerprint density at radius 2 is 2.14 bits per heavy atom. The van der Waals surface area contributed by atoms with Crippen LogP contribution in [0.1, 0.15) is 35.9 Å². The summed E-state index contributed by atoms with van der Waals surface area (Å²) in [5, 5.41) is 26.8. The van der Waals surface area contributed by atoms with Crippen molar-refractivity contribution in [2.24, 2.45) is 0 Å². The van der Waals surface area contributed by atoms with Gasteiger partial charge in [-0.3, -0.25) is 10.1 Å². The second kappa shape index (κ2) is 5.27. The SMILES string of the molecule is CC(C)c1c(C(=O)O)nnn1-c1ccc([N+](=O)[O-])cc1F. The second-order valence-electron chi connectivity index (χ2n) is 4.59. The van der Waals surface area contributed by atoms with Crippen LogP contribution < -0.4 is 0 Å². The summed E-state index contributed by atoms with van der Waals surface area (Å²) >= 11 is 0. The molecule has 0 aliphatic rings. The molecule has 0 bridgehead atoms. The standard InChI is InChI=1S/C12H11FN4O4/c1-6(2)11-10(12(18)19)14-15-16(11)9-4-3-7(17(20)21)5-8(9)13/h3-6H,1-2H3,(H,18,19). The molecule has 0 unspecified atom stereocenters. The number of aromatic nitrogens is 3. The van der Waals surface area contributed by atoms with Crippen molar-refractivity contribution < 1.29 is 19.2 Å². The summed E-state index contributed by atoms with van der Waals surface area (Å²) in [7, 11) is 0. The third-order valence-electron chi connectivity index (χ3n) is 2.82. The number of nitro groups is 1. The molecule has 0 amide bonds. The van der Waals surface area contributed by atoms with Crippen molar-refractivity contribution in [3.8, 4) is 5.69 Å². The maximum Gasteiger partial charge on any atom is 0.358 e. The van der Waals surface area contributed by atoms with Crippen LogP contribution >= 0.6 is 0 Å². The summed E-state index contributed by atoms with van der Waals surface area (Å²) in [5.41, 5.74) is -0.553. The molecular weight excluding hydrogens is 283 g/mol. The molecule has 0 spiro atoms. The zero-order valence-corrected chi connectivity index (χ0v) is 11.1. The zero-order valence-electron chi connectivity index (χ0n) is 11.1. The number of carbonyl (C=O) groups is 1. The largest absolute Gasteiger partial charge is 0.476 e. The Bertz CT molecular complexity index is 726. The quantitative estimate of drug-likeness (QED) is 0.683. The molecule has 0 atom stereocenters. The number of carboxylic acid groups (broad SMARTS) is 1. The van der Waals surface area contributed by atoms with Crippen LogP contribution in [0.3, 0.4) is 0 Å². The highest BCUT2D eigenvalue weighted by Crippen LogP contribution is 2.25. The molecule has 0 saturated heterocycles. The van der Waals surface area contributed by atoms with E-state index in [1.165, 1.54) is 6.07 Å². The molecular formula is C12H11FN4O4. The molecule has 110 valence electrons. The number of aromatic carboxylic acids is 1. The van der Waals surface area contributed by atoms with Crippen LogP contribution in [0.15, 0.2) is 18.2 Å². The fraction of sp³-hybridized carbons (Fsp3) is 0.250. The Kier molecular flexibility index (Phi) is 3.66. The average molecular weight is 294 g/mol. The summed E-state index contributed by atoms with van der Waals surface area (Å²) in [6.45, 7) is 3.43. The van der Waals surface area contributed by atoms with Crippen molar-refractivity contribution in [2.75, 3.05) is 0 Å². The number of benzene rings is 1. The maximum absolute atomic E-state index is 14.0. The van der Waals surface area contributed by atoms with Gasteiger partial charge in [0, 0.05) is 6.07 Å². The number of hydrogen-bond acceptors (Lipinski definition) is 5. The molecule has 21 heavy (non-hydrogen) atoms. The molecule has 8 nitrogen and oxygen atoms in total. The van der Waals surface area contributed by atoms with Crippen molar-refractivity contribution >= 4 is 11.7 Å². The molecule has 0 radical (unpaired) electrons. The van der Waals surface area contributed by atoms with Crippen LogP contribution in [0.4, 0.5) is 10.1 Å². The maximum atomic E-state index is 14.0. The van der Waals surface area contributed by atoms with Crippen molar-refractivity contribution in [2.45, 2.75) is 19.8 Å². The van der Waals surface area contributed by atoms with Gasteiger partial charge in [-0.2, -0.15) is 0 Å². The number of carboxylic acids is 1. The minimum atomic E-state index is -1.27. The van der Waals surface area contributed by atoms with Gasteiger partial charge in [-0.1, -0.05) is 19.1 Å². The monoisotopic (exact) mass is 294 g/mol. The Morgan fingerprint density at radius 3 is 2.62 bits per heavy atom. The van der Waals surface area contributed by atoms with Gasteiger partial charge in [-0.05, 0) is 12.0 Å². The summed E-state index contributed by atoms with van der Waals surface area (Å²) in [4.78, 5) is 21.0. The van der Waals surface area contributed by atoms with E-state index >= 15 is 0 Å². The number of non-ortho nitro benzene ring substituents is 1. The molecule has 1 aromatic carbocycles. The van der Waals surface area contributed by atoms with Crippen LogP contribution in [0.25, 0.3) is 5.69 Å². The minimum absolute atomic E-state index is 0.0932. The minimum Gasteiger partial charge on any atom is -0.476 e. The van der Waals surface area contributed by atoms with E-state index in [4.69, 9.17) is 5.11 Å². The molecule has 2 rings (SSSR count). The van der Waals surface area contributed by atoms with Crippen LogP contribution in [-0.2, 0) is 0 Å². The number of nitrogens with zero attached hydrogens (tertiary/aromatic N) is 4. The lowest BCUT2D eigenvalue weighted by atomic mass is 10.1. The number of nitro benzene ring substituents is 1. The lowest BCUT2D eigenvalue weighted by Crippen LogP contribution is -2.10. The van der Waals surface area contributed by atoms with E-state index in [2.05, 4.69) is 10.3 Å². The first kappa shape index (κ1) is 14.6. The van der Waals surface area contributed by atoms with Gasteiger partial charge in [0.25, 0.3) is 5.69 Å². The number of hydrogen-bond donors (Lipinski definition) is 1. The van der Waals surface area contributed by atoms with Crippen LogP contribution in [0, 0.1) is 15.9 Å². The van der Waals surface area contributed by atoms with Crippen LogP contribution in [-0.4, -0.2) is 31.0 Å². The van der Waals surface area contributed by atoms with Crippen molar-refractivity contribution in [3.05, 3.63) is 45.5 Å². The van der Waals surface area contributed by atoms with Gasteiger partial charge in [-0.25, -0.2) is 13.9 Å². The molecule has 2 aromatic rings. The lowest BCUT2D eigenvalue weighted by Gasteiger charge is -2.10. The van der Waals surface area contributed by atoms with Crippen molar-refractivity contribution in [3.63, 3.8) is 0 Å². The molecule has 9 heteroatoms. The molecule has 1 aromatic heterocycles. The highest BCUT2D eigenvalue weighted by Gasteiger charge is 2.24. The highest BCUT2D eigenvalue weighted by molar-refractivity contribution is 5.86. The van der Waals surface area contributed by atoms with E-state index in [0.717, 1.165) is 16.8 Å². The van der Waals surface area contributed by atoms with Crippen molar-refractivity contribution in [1.29, 1.82) is 0 Å². The zero-order chi connectivity index (χ0) is 15.7. The van der Waals surface area contributed by atoms with Crippen LogP contribution in [0.5, 0.6) is 0 Å². The Labute approximate surface area is 118 Å². The molecule has 0 aliphatic heterocycles. The van der Waals surface area contributed by atoms with Crippen molar-refractivity contribution in [1.82, 2.24) is 15.0 Å². The van der Waals surface area contributed by atoms with E-state index in [0.29, 0.717) is 0 Å². The first-order valence-corrected chi connectivity index (χ1v) is 5.96. The fourth-order valence-electron chi connectivity index (χ4n) is 1.92. The summed E-state index contributed by atoms with van der Waals surface area (Å²) in [6.07, 6.45) is 0. The molecule has 1 N–H and O–H groups in total. The normalized spacial score (nSPS) is 10.9. The van der Waals surface area contributed by atoms with Gasteiger partial charge in [0.1, 0.15) is 5.69 Å². The predicted octanol–water partition coefficient (Wildman–Crippen LogP) is 2.14. The predicted molar refractivity (Wildman–Crippen MR) is 69.0 cm³/mol. The number of rotatable bonds is 4. The first-order chi connectivity index (χ1) is 9.82. The van der Waals surface area contributed by atoms with E-state index in [-0.39, 0.29) is 23.0 Å². The Balaban J connectivity index is 2.62. The van der Waals surface area contributed by atoms with Crippen LogP contribution in [0.2, 0.25) is 0 Å². The Hall–Kier alpha value is -2.84. The fourth-order valence-corrected chi connectivity index (χ4v) is 1.92. The van der Waals surface area contributed by atoms with Gasteiger partial charge >= 0.3 is 5.97 Å². The van der Waals surface area contributed by atoms with Gasteiger partial charge in [0.2, 0.25) is 0 Å². The van der Waals surface area contributed by atoms with Gasteiger partial charge < -0.3 is 5.11 Å². The Morgan fingerprint density at radius 1 is 1.48 bits per heavy atom.